The molecular formula is C9H10N2O2. The van der Waals surface area contributed by atoms with Crippen LogP contribution in [0, 0.1) is 6.92 Å². The lowest BCUT2D eigenvalue weighted by atomic mass is 10.1. The summed E-state index contributed by atoms with van der Waals surface area (Å²) in [5.74, 6) is 1.10. The molecule has 0 aliphatic heterocycles. The number of methoxy groups -OCH3 is 1. The van der Waals surface area contributed by atoms with Gasteiger partial charge in [0.25, 0.3) is 0 Å². The molecule has 2 N–H and O–H groups in total. The van der Waals surface area contributed by atoms with Crippen LogP contribution in [-0.2, 0) is 0 Å². The monoisotopic (exact) mass is 178 g/mol. The summed E-state index contributed by atoms with van der Waals surface area (Å²) in [6, 6.07) is 3.74. The van der Waals surface area contributed by atoms with E-state index in [1.807, 2.05) is 19.1 Å². The van der Waals surface area contributed by atoms with Crippen LogP contribution in [0.5, 0.6) is 5.75 Å². The van der Waals surface area contributed by atoms with Gasteiger partial charge in [-0.15, -0.1) is 0 Å². The number of rotatable bonds is 1. The van der Waals surface area contributed by atoms with Crippen LogP contribution in [0.15, 0.2) is 16.7 Å². The third-order valence-corrected chi connectivity index (χ3v) is 2.02. The summed E-state index contributed by atoms with van der Waals surface area (Å²) in [4.78, 5) is 0. The lowest BCUT2D eigenvalue weighted by Crippen LogP contribution is -1.90. The minimum atomic E-state index is 0.371. The largest absolute Gasteiger partial charge is 0.496 e. The van der Waals surface area contributed by atoms with E-state index in [-0.39, 0.29) is 0 Å². The number of fused-ring (bicyclic) bond motifs is 1. The minimum absolute atomic E-state index is 0.371. The first-order valence-electron chi connectivity index (χ1n) is 3.92. The van der Waals surface area contributed by atoms with Gasteiger partial charge in [-0.3, -0.25) is 0 Å². The summed E-state index contributed by atoms with van der Waals surface area (Å²) in [6.45, 7) is 1.95. The molecule has 0 radical (unpaired) electrons. The summed E-state index contributed by atoms with van der Waals surface area (Å²) >= 11 is 0. The van der Waals surface area contributed by atoms with Crippen LogP contribution in [0.1, 0.15) is 5.56 Å². The fourth-order valence-corrected chi connectivity index (χ4v) is 1.39. The average molecular weight is 178 g/mol. The quantitative estimate of drug-likeness (QED) is 0.722. The average Bonchev–Trinajstić information content (AvgIpc) is 2.49. The van der Waals surface area contributed by atoms with Crippen LogP contribution in [-0.4, -0.2) is 12.3 Å². The summed E-state index contributed by atoms with van der Waals surface area (Å²) in [5.41, 5.74) is 7.31. The molecule has 0 aliphatic rings. The Bertz CT molecular complexity index is 448. The van der Waals surface area contributed by atoms with Crippen molar-refractivity contribution in [2.45, 2.75) is 6.92 Å². The van der Waals surface area contributed by atoms with Gasteiger partial charge in [0.1, 0.15) is 11.1 Å². The highest BCUT2D eigenvalue weighted by molar-refractivity contribution is 5.93. The Morgan fingerprint density at radius 1 is 1.46 bits per heavy atom. The Labute approximate surface area is 75.3 Å². The summed E-state index contributed by atoms with van der Waals surface area (Å²) in [7, 11) is 1.61. The third-order valence-electron chi connectivity index (χ3n) is 2.02. The Morgan fingerprint density at radius 2 is 2.23 bits per heavy atom. The molecule has 0 atom stereocenters. The number of nitrogens with zero attached hydrogens (tertiary/aromatic N) is 1. The van der Waals surface area contributed by atoms with E-state index in [0.29, 0.717) is 11.4 Å². The molecule has 0 amide bonds. The lowest BCUT2D eigenvalue weighted by Gasteiger charge is -2.04. The molecule has 0 aliphatic carbocycles. The minimum Gasteiger partial charge on any atom is -0.496 e. The van der Waals surface area contributed by atoms with Crippen molar-refractivity contribution in [1.82, 2.24) is 5.16 Å². The van der Waals surface area contributed by atoms with Crippen LogP contribution in [0.25, 0.3) is 11.0 Å². The van der Waals surface area contributed by atoms with E-state index in [1.54, 1.807) is 7.11 Å². The van der Waals surface area contributed by atoms with Crippen molar-refractivity contribution in [1.29, 1.82) is 0 Å². The molecule has 0 spiro atoms. The Morgan fingerprint density at radius 3 is 2.92 bits per heavy atom. The van der Waals surface area contributed by atoms with Crippen LogP contribution in [0.4, 0.5) is 5.82 Å². The van der Waals surface area contributed by atoms with E-state index in [2.05, 4.69) is 5.16 Å². The molecule has 0 saturated heterocycles. The molecule has 1 heterocycles. The van der Waals surface area contributed by atoms with Gasteiger partial charge in [0, 0.05) is 0 Å². The number of nitrogens with two attached hydrogens (primary N) is 1. The van der Waals surface area contributed by atoms with Crippen LogP contribution in [0.2, 0.25) is 0 Å². The van der Waals surface area contributed by atoms with E-state index < -0.39 is 0 Å². The molecule has 13 heavy (non-hydrogen) atoms. The fraction of sp³-hybridized carbons (Fsp3) is 0.222. The number of hydrogen-bond donors (Lipinski definition) is 1. The van der Waals surface area contributed by atoms with Crippen molar-refractivity contribution >= 4 is 16.8 Å². The van der Waals surface area contributed by atoms with E-state index in [0.717, 1.165) is 16.7 Å². The smallest absolute Gasteiger partial charge is 0.178 e. The van der Waals surface area contributed by atoms with Gasteiger partial charge in [0.15, 0.2) is 11.4 Å². The second-order valence-corrected chi connectivity index (χ2v) is 2.86. The van der Waals surface area contributed by atoms with Gasteiger partial charge in [0.05, 0.1) is 7.11 Å². The molecule has 0 bridgehead atoms. The summed E-state index contributed by atoms with van der Waals surface area (Å²) < 4.78 is 10.2. The number of aryl methyl sites for hydroxylation is 1. The molecule has 1 aromatic carbocycles. The van der Waals surface area contributed by atoms with Crippen LogP contribution >= 0.6 is 0 Å². The topological polar surface area (TPSA) is 61.3 Å². The number of hydrogen-bond acceptors (Lipinski definition) is 4. The highest BCUT2D eigenvalue weighted by atomic mass is 16.5. The van der Waals surface area contributed by atoms with Crippen LogP contribution < -0.4 is 10.5 Å². The van der Waals surface area contributed by atoms with Gasteiger partial charge in [-0.1, -0.05) is 11.2 Å². The van der Waals surface area contributed by atoms with Crippen molar-refractivity contribution in [2.75, 3.05) is 12.8 Å². The standard InChI is InChI=1S/C9H10N2O2/c1-5-3-4-6-7(8(5)12-2)9(10)11-13-6/h3-4H,1-2H3,(H2,10,11). The molecule has 1 aromatic heterocycles. The maximum atomic E-state index is 5.64. The highest BCUT2D eigenvalue weighted by Gasteiger charge is 2.12. The van der Waals surface area contributed by atoms with E-state index >= 15 is 0 Å². The molecule has 4 nitrogen and oxygen atoms in total. The van der Waals surface area contributed by atoms with Gasteiger partial charge in [-0.25, -0.2) is 0 Å². The molecular weight excluding hydrogens is 168 g/mol. The first kappa shape index (κ1) is 7.91. The number of aromatic nitrogens is 1. The Balaban J connectivity index is 2.88. The maximum Gasteiger partial charge on any atom is 0.178 e. The fourth-order valence-electron chi connectivity index (χ4n) is 1.39. The van der Waals surface area contributed by atoms with Crippen molar-refractivity contribution < 1.29 is 9.26 Å². The number of nitrogen functional groups attached to an aromatic ring is 1. The second kappa shape index (κ2) is 2.65. The molecule has 68 valence electrons. The van der Waals surface area contributed by atoms with E-state index in [9.17, 15) is 0 Å². The molecule has 0 unspecified atom stereocenters. The Kier molecular flexibility index (Phi) is 1.62. The molecule has 4 heteroatoms. The molecule has 0 saturated carbocycles. The molecule has 2 aromatic rings. The first-order valence-corrected chi connectivity index (χ1v) is 3.92. The Hall–Kier alpha value is -1.71. The summed E-state index contributed by atoms with van der Waals surface area (Å²) in [6.07, 6.45) is 0. The third kappa shape index (κ3) is 1.02. The number of ether oxygens (including phenoxy) is 1. The van der Waals surface area contributed by atoms with Crippen LogP contribution in [0.3, 0.4) is 0 Å². The van der Waals surface area contributed by atoms with Gasteiger partial charge in [-0.2, -0.15) is 0 Å². The van der Waals surface area contributed by atoms with Gasteiger partial charge in [0.2, 0.25) is 0 Å². The zero-order chi connectivity index (χ0) is 9.42. The van der Waals surface area contributed by atoms with Gasteiger partial charge >= 0.3 is 0 Å². The van der Waals surface area contributed by atoms with Crippen molar-refractivity contribution in [2.24, 2.45) is 0 Å². The highest BCUT2D eigenvalue weighted by Crippen LogP contribution is 2.32. The first-order chi connectivity index (χ1) is 6.24. The zero-order valence-corrected chi connectivity index (χ0v) is 7.50. The van der Waals surface area contributed by atoms with Gasteiger partial charge in [-0.05, 0) is 18.6 Å². The maximum absolute atomic E-state index is 5.64. The SMILES string of the molecule is COc1c(C)ccc2onc(N)c12. The number of anilines is 1. The van der Waals surface area contributed by atoms with Crippen molar-refractivity contribution in [3.05, 3.63) is 17.7 Å². The zero-order valence-electron chi connectivity index (χ0n) is 7.50. The van der Waals surface area contributed by atoms with Gasteiger partial charge < -0.3 is 15.0 Å². The molecule has 2 rings (SSSR count). The van der Waals surface area contributed by atoms with E-state index in [4.69, 9.17) is 15.0 Å². The molecule has 0 fully saturated rings. The number of benzene rings is 1. The van der Waals surface area contributed by atoms with Crippen molar-refractivity contribution in [3.8, 4) is 5.75 Å². The van der Waals surface area contributed by atoms with Crippen molar-refractivity contribution in [3.63, 3.8) is 0 Å². The second-order valence-electron chi connectivity index (χ2n) is 2.86. The van der Waals surface area contributed by atoms with E-state index in [1.165, 1.54) is 0 Å². The predicted molar refractivity (Wildman–Crippen MR) is 49.7 cm³/mol. The predicted octanol–water partition coefficient (Wildman–Crippen LogP) is 1.73. The normalized spacial score (nSPS) is 10.6. The lowest BCUT2D eigenvalue weighted by molar-refractivity contribution is 0.416. The summed E-state index contributed by atoms with van der Waals surface area (Å²) in [5, 5.41) is 4.42.